The lowest BCUT2D eigenvalue weighted by Gasteiger charge is -2.41. The minimum atomic E-state index is -1.17. The molecular weight excluding hydrogens is 216 g/mol. The molecule has 7 nitrogen and oxygen atoms in total. The average molecular weight is 234 g/mol. The summed E-state index contributed by atoms with van der Waals surface area (Å²) in [4.78, 5) is 10.9. The zero-order valence-electron chi connectivity index (χ0n) is 9.29. The largest absolute Gasteiger partial charge is 0.388 e. The van der Waals surface area contributed by atoms with Gasteiger partial charge in [0, 0.05) is 20.6 Å². The highest BCUT2D eigenvalue weighted by Crippen LogP contribution is 2.21. The van der Waals surface area contributed by atoms with Crippen molar-refractivity contribution in [2.75, 3.05) is 13.7 Å². The van der Waals surface area contributed by atoms with Gasteiger partial charge in [0.25, 0.3) is 0 Å². The maximum Gasteiger partial charge on any atom is 0.217 e. The van der Waals surface area contributed by atoms with Crippen LogP contribution in [-0.4, -0.2) is 60.4 Å². The number of nitrogens with one attached hydrogen (secondary N) is 1. The van der Waals surface area contributed by atoms with Crippen molar-refractivity contribution in [3.63, 3.8) is 0 Å². The molecule has 0 saturated carbocycles. The Balaban J connectivity index is 2.77. The number of amides is 1. The van der Waals surface area contributed by atoms with Crippen LogP contribution in [0.2, 0.25) is 0 Å². The summed E-state index contributed by atoms with van der Waals surface area (Å²) in [7, 11) is 1.39. The van der Waals surface area contributed by atoms with Gasteiger partial charge in [0.15, 0.2) is 6.29 Å². The molecule has 0 radical (unpaired) electrons. The predicted octanol–water partition coefficient (Wildman–Crippen LogP) is -2.46. The third-order valence-corrected chi connectivity index (χ3v) is 2.54. The van der Waals surface area contributed by atoms with Crippen molar-refractivity contribution in [1.29, 1.82) is 0 Å². The molecule has 1 aliphatic heterocycles. The molecule has 0 aromatic heterocycles. The number of carbonyl (C=O) groups is 1. The summed E-state index contributed by atoms with van der Waals surface area (Å²) in [6.45, 7) is 1.37. The topological polar surface area (TPSA) is 114 Å². The van der Waals surface area contributed by atoms with Gasteiger partial charge in [-0.3, -0.25) is 4.79 Å². The molecule has 1 fully saturated rings. The van der Waals surface area contributed by atoms with Crippen LogP contribution >= 0.6 is 0 Å². The number of hydrogen-bond donors (Lipinski definition) is 4. The molecule has 5 N–H and O–H groups in total. The van der Waals surface area contributed by atoms with E-state index in [9.17, 15) is 15.0 Å². The van der Waals surface area contributed by atoms with Crippen molar-refractivity contribution in [3.05, 3.63) is 0 Å². The number of aliphatic hydroxyl groups excluding tert-OH is 2. The van der Waals surface area contributed by atoms with Gasteiger partial charge in [-0.25, -0.2) is 0 Å². The number of rotatable bonds is 3. The van der Waals surface area contributed by atoms with Crippen LogP contribution in [0.5, 0.6) is 0 Å². The Morgan fingerprint density at radius 2 is 2.12 bits per heavy atom. The summed E-state index contributed by atoms with van der Waals surface area (Å²) in [5, 5.41) is 21.9. The van der Waals surface area contributed by atoms with Crippen LogP contribution in [-0.2, 0) is 14.3 Å². The maximum atomic E-state index is 10.9. The third kappa shape index (κ3) is 2.69. The zero-order chi connectivity index (χ0) is 12.3. The van der Waals surface area contributed by atoms with Crippen molar-refractivity contribution in [2.45, 2.75) is 37.6 Å². The molecule has 94 valence electrons. The standard InChI is InChI=1S/C9H18N2O5/c1-4(12)11-6-8(14)7(13)5(3-10)16-9(6)15-2/h5-9,13-14H,3,10H2,1-2H3,(H,11,12)/t5-,6+,7+,8-,9?/m1/s1. The minimum absolute atomic E-state index is 0.0604. The van der Waals surface area contributed by atoms with Gasteiger partial charge in [-0.15, -0.1) is 0 Å². The smallest absolute Gasteiger partial charge is 0.217 e. The first-order chi connectivity index (χ1) is 7.51. The van der Waals surface area contributed by atoms with Crippen LogP contribution in [0, 0.1) is 0 Å². The van der Waals surface area contributed by atoms with Gasteiger partial charge in [0.1, 0.15) is 24.4 Å². The van der Waals surface area contributed by atoms with E-state index in [0.717, 1.165) is 0 Å². The predicted molar refractivity (Wildman–Crippen MR) is 54.3 cm³/mol. The normalized spacial score (nSPS) is 39.4. The van der Waals surface area contributed by atoms with Crippen LogP contribution < -0.4 is 11.1 Å². The van der Waals surface area contributed by atoms with Crippen molar-refractivity contribution in [3.8, 4) is 0 Å². The van der Waals surface area contributed by atoms with Crippen molar-refractivity contribution >= 4 is 5.91 Å². The molecule has 1 aliphatic rings. The van der Waals surface area contributed by atoms with E-state index in [-0.39, 0.29) is 12.5 Å². The molecular formula is C9H18N2O5. The summed E-state index contributed by atoms with van der Waals surface area (Å²) >= 11 is 0. The fraction of sp³-hybridized carbons (Fsp3) is 0.889. The second-order valence-electron chi connectivity index (χ2n) is 3.72. The van der Waals surface area contributed by atoms with Gasteiger partial charge in [-0.2, -0.15) is 0 Å². The number of aliphatic hydroxyl groups is 2. The molecule has 0 bridgehead atoms. The van der Waals surface area contributed by atoms with E-state index in [0.29, 0.717) is 0 Å². The number of nitrogens with two attached hydrogens (primary N) is 1. The molecule has 1 unspecified atom stereocenters. The quantitative estimate of drug-likeness (QED) is 0.431. The van der Waals surface area contributed by atoms with Gasteiger partial charge < -0.3 is 30.7 Å². The lowest BCUT2D eigenvalue weighted by Crippen LogP contribution is -2.64. The van der Waals surface area contributed by atoms with Crippen LogP contribution in [0.1, 0.15) is 6.92 Å². The van der Waals surface area contributed by atoms with Crippen molar-refractivity contribution in [1.82, 2.24) is 5.32 Å². The van der Waals surface area contributed by atoms with Crippen LogP contribution in [0.25, 0.3) is 0 Å². The van der Waals surface area contributed by atoms with Gasteiger partial charge in [-0.05, 0) is 0 Å². The highest BCUT2D eigenvalue weighted by molar-refractivity contribution is 5.73. The van der Waals surface area contributed by atoms with Crippen LogP contribution in [0.4, 0.5) is 0 Å². The second-order valence-corrected chi connectivity index (χ2v) is 3.72. The Hall–Kier alpha value is -0.730. The zero-order valence-corrected chi connectivity index (χ0v) is 9.29. The Bertz CT molecular complexity index is 248. The summed E-state index contributed by atoms with van der Waals surface area (Å²) in [6, 6.07) is -0.805. The molecule has 0 aliphatic carbocycles. The molecule has 0 aromatic rings. The fourth-order valence-corrected chi connectivity index (χ4v) is 1.72. The Labute approximate surface area is 93.5 Å². The first-order valence-corrected chi connectivity index (χ1v) is 5.02. The first kappa shape index (κ1) is 13.3. The van der Waals surface area contributed by atoms with E-state index in [2.05, 4.69) is 5.32 Å². The molecule has 0 spiro atoms. The SMILES string of the molecule is COC1O[C@H](CN)[C@H](O)[C@H](O)[C@@H]1NC(C)=O. The van der Waals surface area contributed by atoms with E-state index in [1.807, 2.05) is 0 Å². The molecule has 1 heterocycles. The van der Waals surface area contributed by atoms with Gasteiger partial charge in [0.05, 0.1) is 0 Å². The highest BCUT2D eigenvalue weighted by atomic mass is 16.7. The van der Waals surface area contributed by atoms with E-state index < -0.39 is 30.6 Å². The molecule has 1 rings (SSSR count). The maximum absolute atomic E-state index is 10.9. The number of hydrogen-bond acceptors (Lipinski definition) is 6. The second kappa shape index (κ2) is 5.55. The fourth-order valence-electron chi connectivity index (χ4n) is 1.72. The van der Waals surface area contributed by atoms with E-state index >= 15 is 0 Å². The van der Waals surface area contributed by atoms with E-state index in [1.54, 1.807) is 0 Å². The summed E-state index contributed by atoms with van der Waals surface area (Å²) in [5.41, 5.74) is 5.38. The van der Waals surface area contributed by atoms with Crippen molar-refractivity contribution < 1.29 is 24.5 Å². The number of methoxy groups -OCH3 is 1. The van der Waals surface area contributed by atoms with Crippen LogP contribution in [0.3, 0.4) is 0 Å². The van der Waals surface area contributed by atoms with Gasteiger partial charge in [-0.1, -0.05) is 0 Å². The highest BCUT2D eigenvalue weighted by Gasteiger charge is 2.44. The van der Waals surface area contributed by atoms with Gasteiger partial charge >= 0.3 is 0 Å². The summed E-state index contributed by atoms with van der Waals surface area (Å²) in [6.07, 6.45) is -3.84. The Morgan fingerprint density at radius 1 is 1.50 bits per heavy atom. The van der Waals surface area contributed by atoms with E-state index in [1.165, 1.54) is 14.0 Å². The summed E-state index contributed by atoms with van der Waals surface area (Å²) in [5.74, 6) is -0.340. The molecule has 5 atom stereocenters. The molecule has 0 aromatic carbocycles. The summed E-state index contributed by atoms with van der Waals surface area (Å²) < 4.78 is 10.3. The molecule has 1 saturated heterocycles. The average Bonchev–Trinajstić information content (AvgIpc) is 2.25. The van der Waals surface area contributed by atoms with E-state index in [4.69, 9.17) is 15.2 Å². The van der Waals surface area contributed by atoms with Crippen molar-refractivity contribution in [2.24, 2.45) is 5.73 Å². The third-order valence-electron chi connectivity index (χ3n) is 2.54. The number of ether oxygens (including phenoxy) is 2. The van der Waals surface area contributed by atoms with Gasteiger partial charge in [0.2, 0.25) is 5.91 Å². The Morgan fingerprint density at radius 3 is 2.56 bits per heavy atom. The van der Waals surface area contributed by atoms with Crippen LogP contribution in [0.15, 0.2) is 0 Å². The number of carbonyl (C=O) groups excluding carboxylic acids is 1. The molecule has 7 heteroatoms. The minimum Gasteiger partial charge on any atom is -0.388 e. The first-order valence-electron chi connectivity index (χ1n) is 5.02. The Kier molecular flexibility index (Phi) is 4.63. The monoisotopic (exact) mass is 234 g/mol. The molecule has 1 amide bonds. The lowest BCUT2D eigenvalue weighted by atomic mass is 9.96. The molecule has 16 heavy (non-hydrogen) atoms. The lowest BCUT2D eigenvalue weighted by molar-refractivity contribution is -0.253.